The number of amides is 1. The largest absolute Gasteiger partial charge is 0.496 e. The molecule has 0 aliphatic heterocycles. The summed E-state index contributed by atoms with van der Waals surface area (Å²) in [4.78, 5) is 35.7. The molecule has 7 heteroatoms. The molecule has 1 saturated carbocycles. The van der Waals surface area contributed by atoms with Crippen LogP contribution in [-0.2, 0) is 14.3 Å². The fourth-order valence-corrected chi connectivity index (χ4v) is 3.17. The minimum absolute atomic E-state index is 0.00408. The zero-order chi connectivity index (χ0) is 18.2. The number of nitrogens with one attached hydrogen (secondary N) is 1. The molecule has 25 heavy (non-hydrogen) atoms. The van der Waals surface area contributed by atoms with E-state index in [9.17, 15) is 14.4 Å². The van der Waals surface area contributed by atoms with Gasteiger partial charge in [0.15, 0.2) is 12.4 Å². The zero-order valence-corrected chi connectivity index (χ0v) is 15.8. The van der Waals surface area contributed by atoms with Crippen molar-refractivity contribution in [3.63, 3.8) is 0 Å². The number of hydrogen-bond acceptors (Lipinski definition) is 5. The van der Waals surface area contributed by atoms with Crippen molar-refractivity contribution >= 4 is 33.6 Å². The van der Waals surface area contributed by atoms with Crippen LogP contribution in [-0.4, -0.2) is 37.4 Å². The quantitative estimate of drug-likeness (QED) is 0.525. The van der Waals surface area contributed by atoms with E-state index >= 15 is 0 Å². The van der Waals surface area contributed by atoms with Gasteiger partial charge in [0.2, 0.25) is 0 Å². The molecule has 1 amide bonds. The van der Waals surface area contributed by atoms with Gasteiger partial charge in [-0.25, -0.2) is 0 Å². The number of rotatable bonds is 8. The van der Waals surface area contributed by atoms with Crippen LogP contribution in [0.2, 0.25) is 0 Å². The average Bonchev–Trinajstić information content (AvgIpc) is 3.10. The minimum atomic E-state index is -0.566. The van der Waals surface area contributed by atoms with Gasteiger partial charge >= 0.3 is 5.97 Å². The molecule has 0 radical (unpaired) electrons. The van der Waals surface area contributed by atoms with E-state index in [0.29, 0.717) is 11.3 Å². The predicted molar refractivity (Wildman–Crippen MR) is 95.6 cm³/mol. The summed E-state index contributed by atoms with van der Waals surface area (Å²) in [7, 11) is 1.48. The smallest absolute Gasteiger partial charge is 0.306 e. The van der Waals surface area contributed by atoms with E-state index in [1.807, 2.05) is 0 Å². The van der Waals surface area contributed by atoms with E-state index in [1.54, 1.807) is 18.2 Å². The lowest BCUT2D eigenvalue weighted by Crippen LogP contribution is -2.35. The number of methoxy groups -OCH3 is 1. The Morgan fingerprint density at radius 3 is 2.60 bits per heavy atom. The average molecular weight is 412 g/mol. The maximum atomic E-state index is 12.3. The van der Waals surface area contributed by atoms with Gasteiger partial charge in [0.05, 0.1) is 19.1 Å². The van der Waals surface area contributed by atoms with Crippen molar-refractivity contribution in [1.29, 1.82) is 0 Å². The van der Waals surface area contributed by atoms with Crippen LogP contribution >= 0.6 is 15.9 Å². The molecular weight excluding hydrogens is 390 g/mol. The van der Waals surface area contributed by atoms with Gasteiger partial charge in [-0.1, -0.05) is 28.8 Å². The third-order valence-electron chi connectivity index (χ3n) is 4.10. The molecule has 0 spiro atoms. The maximum Gasteiger partial charge on any atom is 0.306 e. The summed E-state index contributed by atoms with van der Waals surface area (Å²) in [5.74, 6) is -0.618. The molecule has 1 fully saturated rings. The predicted octanol–water partition coefficient (Wildman–Crippen LogP) is 3.02. The van der Waals surface area contributed by atoms with Gasteiger partial charge in [-0.05, 0) is 31.0 Å². The summed E-state index contributed by atoms with van der Waals surface area (Å²) in [6.45, 7) is -0.302. The van der Waals surface area contributed by atoms with Crippen molar-refractivity contribution in [3.05, 3.63) is 28.2 Å². The SMILES string of the molecule is COc1ccc(Br)cc1C(=O)CCC(=O)OCC(=O)NC1CCCC1. The topological polar surface area (TPSA) is 81.7 Å². The summed E-state index contributed by atoms with van der Waals surface area (Å²) in [6, 6.07) is 5.30. The van der Waals surface area contributed by atoms with E-state index in [0.717, 1.165) is 30.2 Å². The molecule has 1 aromatic carbocycles. The third kappa shape index (κ3) is 6.16. The molecule has 136 valence electrons. The number of hydrogen-bond donors (Lipinski definition) is 1. The molecule has 0 saturated heterocycles. The van der Waals surface area contributed by atoms with Crippen LogP contribution in [0.3, 0.4) is 0 Å². The highest BCUT2D eigenvalue weighted by molar-refractivity contribution is 9.10. The third-order valence-corrected chi connectivity index (χ3v) is 4.60. The number of halogens is 1. The number of ether oxygens (including phenoxy) is 2. The molecule has 1 N–H and O–H groups in total. The fourth-order valence-electron chi connectivity index (χ4n) is 2.81. The second-order valence-corrected chi connectivity index (χ2v) is 6.89. The van der Waals surface area contributed by atoms with Crippen LogP contribution in [0.25, 0.3) is 0 Å². The van der Waals surface area contributed by atoms with Gasteiger partial charge in [0, 0.05) is 16.9 Å². The van der Waals surface area contributed by atoms with Crippen molar-refractivity contribution in [2.75, 3.05) is 13.7 Å². The molecular formula is C18H22BrNO5. The van der Waals surface area contributed by atoms with Crippen LogP contribution in [0, 0.1) is 0 Å². The maximum absolute atomic E-state index is 12.3. The standard InChI is InChI=1S/C18H22BrNO5/c1-24-16-8-6-12(19)10-14(16)15(21)7-9-18(23)25-11-17(22)20-13-4-2-3-5-13/h6,8,10,13H,2-5,7,9,11H2,1H3,(H,20,22). The first-order chi connectivity index (χ1) is 12.0. The molecule has 1 aliphatic rings. The summed E-state index contributed by atoms with van der Waals surface area (Å²) >= 11 is 3.31. The van der Waals surface area contributed by atoms with Crippen molar-refractivity contribution in [2.24, 2.45) is 0 Å². The molecule has 1 aliphatic carbocycles. The molecule has 0 aromatic heterocycles. The monoisotopic (exact) mass is 411 g/mol. The van der Waals surface area contributed by atoms with Gasteiger partial charge in [0.1, 0.15) is 5.75 Å². The van der Waals surface area contributed by atoms with Crippen LogP contribution in [0.1, 0.15) is 48.9 Å². The van der Waals surface area contributed by atoms with Crippen molar-refractivity contribution < 1.29 is 23.9 Å². The fraction of sp³-hybridized carbons (Fsp3) is 0.500. The van der Waals surface area contributed by atoms with Gasteiger partial charge in [-0.15, -0.1) is 0 Å². The van der Waals surface area contributed by atoms with E-state index in [1.165, 1.54) is 7.11 Å². The van der Waals surface area contributed by atoms with E-state index in [2.05, 4.69) is 21.2 Å². The summed E-state index contributed by atoms with van der Waals surface area (Å²) in [5, 5.41) is 2.84. The first-order valence-corrected chi connectivity index (χ1v) is 9.10. The molecule has 2 rings (SSSR count). The van der Waals surface area contributed by atoms with E-state index in [-0.39, 0.29) is 37.2 Å². The summed E-state index contributed by atoms with van der Waals surface area (Å²) in [5.41, 5.74) is 0.406. The highest BCUT2D eigenvalue weighted by atomic mass is 79.9. The normalized spacial score (nSPS) is 14.2. The summed E-state index contributed by atoms with van der Waals surface area (Å²) < 4.78 is 10.8. The first kappa shape index (κ1) is 19.4. The highest BCUT2D eigenvalue weighted by Gasteiger charge is 2.19. The molecule has 0 unspecified atom stereocenters. The second kappa shape index (κ2) is 9.56. The lowest BCUT2D eigenvalue weighted by molar-refractivity contribution is -0.148. The summed E-state index contributed by atoms with van der Waals surface area (Å²) in [6.07, 6.45) is 4.10. The van der Waals surface area contributed by atoms with Gasteiger partial charge in [0.25, 0.3) is 5.91 Å². The Balaban J connectivity index is 1.74. The van der Waals surface area contributed by atoms with Gasteiger partial charge < -0.3 is 14.8 Å². The van der Waals surface area contributed by atoms with E-state index < -0.39 is 5.97 Å². The number of carbonyl (C=O) groups is 3. The molecule has 0 heterocycles. The number of carbonyl (C=O) groups excluding carboxylic acids is 3. The van der Waals surface area contributed by atoms with Crippen molar-refractivity contribution in [3.8, 4) is 5.75 Å². The van der Waals surface area contributed by atoms with Gasteiger partial charge in [-0.2, -0.15) is 0 Å². The van der Waals surface area contributed by atoms with Crippen LogP contribution in [0.5, 0.6) is 5.75 Å². The minimum Gasteiger partial charge on any atom is -0.496 e. The Morgan fingerprint density at radius 2 is 1.92 bits per heavy atom. The zero-order valence-electron chi connectivity index (χ0n) is 14.2. The Kier molecular flexibility index (Phi) is 7.43. The Hall–Kier alpha value is -1.89. The molecule has 6 nitrogen and oxygen atoms in total. The lowest BCUT2D eigenvalue weighted by atomic mass is 10.1. The van der Waals surface area contributed by atoms with Crippen molar-refractivity contribution in [1.82, 2.24) is 5.32 Å². The first-order valence-electron chi connectivity index (χ1n) is 8.31. The van der Waals surface area contributed by atoms with Crippen LogP contribution in [0.15, 0.2) is 22.7 Å². The molecule has 0 bridgehead atoms. The Morgan fingerprint density at radius 1 is 1.20 bits per heavy atom. The Bertz CT molecular complexity index is 640. The number of ketones is 1. The van der Waals surface area contributed by atoms with Crippen LogP contribution < -0.4 is 10.1 Å². The van der Waals surface area contributed by atoms with E-state index in [4.69, 9.17) is 9.47 Å². The van der Waals surface area contributed by atoms with Crippen molar-refractivity contribution in [2.45, 2.75) is 44.6 Å². The number of esters is 1. The highest BCUT2D eigenvalue weighted by Crippen LogP contribution is 2.24. The number of benzene rings is 1. The van der Waals surface area contributed by atoms with Crippen LogP contribution in [0.4, 0.5) is 0 Å². The lowest BCUT2D eigenvalue weighted by Gasteiger charge is -2.12. The number of Topliss-reactive ketones (excluding diaryl/α,β-unsaturated/α-hetero) is 1. The molecule has 0 atom stereocenters. The van der Waals surface area contributed by atoms with Gasteiger partial charge in [-0.3, -0.25) is 14.4 Å². The molecule has 1 aromatic rings. The Labute approximate surface area is 155 Å². The second-order valence-electron chi connectivity index (χ2n) is 5.98.